The fourth-order valence-electron chi connectivity index (χ4n) is 3.00. The highest BCUT2D eigenvalue weighted by Crippen LogP contribution is 2.23. The van der Waals surface area contributed by atoms with Crippen molar-refractivity contribution in [1.82, 2.24) is 10.6 Å². The topological polar surface area (TPSA) is 70.7 Å². The van der Waals surface area contributed by atoms with Gasteiger partial charge in [-0.3, -0.25) is 9.59 Å². The number of carbonyl (C=O) groups is 2. The first-order chi connectivity index (χ1) is 11.1. The van der Waals surface area contributed by atoms with E-state index in [1.54, 1.807) is 0 Å². The number of nitrogens with zero attached hydrogens (tertiary/aromatic N) is 1. The van der Waals surface area contributed by atoms with Gasteiger partial charge in [-0.15, -0.1) is 12.4 Å². The zero-order chi connectivity index (χ0) is 16.2. The van der Waals surface area contributed by atoms with E-state index in [1.807, 2.05) is 36.1 Å². The Labute approximate surface area is 148 Å². The normalized spacial score (nSPS) is 22.0. The Balaban J connectivity index is 0.00000208. The van der Waals surface area contributed by atoms with Crippen LogP contribution in [-0.2, 0) is 14.3 Å². The van der Waals surface area contributed by atoms with Gasteiger partial charge in [0, 0.05) is 25.2 Å². The molecule has 7 heteroatoms. The van der Waals surface area contributed by atoms with Crippen LogP contribution in [0.3, 0.4) is 0 Å². The largest absolute Gasteiger partial charge is 0.378 e. The highest BCUT2D eigenvalue weighted by atomic mass is 35.5. The smallest absolute Gasteiger partial charge is 0.240 e. The number of ether oxygens (including phenoxy) is 1. The lowest BCUT2D eigenvalue weighted by atomic mass is 10.1. The molecule has 2 saturated heterocycles. The summed E-state index contributed by atoms with van der Waals surface area (Å²) in [5.74, 6) is 0.137. The van der Waals surface area contributed by atoms with E-state index < -0.39 is 0 Å². The summed E-state index contributed by atoms with van der Waals surface area (Å²) in [4.78, 5) is 25.8. The van der Waals surface area contributed by atoms with Gasteiger partial charge < -0.3 is 20.3 Å². The van der Waals surface area contributed by atoms with Crippen molar-refractivity contribution in [3.63, 3.8) is 0 Å². The minimum Gasteiger partial charge on any atom is -0.378 e. The fraction of sp³-hybridized carbons (Fsp3) is 0.529. The molecule has 2 aliphatic rings. The Morgan fingerprint density at radius 3 is 2.71 bits per heavy atom. The molecule has 0 spiro atoms. The van der Waals surface area contributed by atoms with Crippen LogP contribution in [0.1, 0.15) is 31.4 Å². The monoisotopic (exact) mass is 353 g/mol. The van der Waals surface area contributed by atoms with Gasteiger partial charge in [-0.25, -0.2) is 0 Å². The first-order valence-corrected chi connectivity index (χ1v) is 8.17. The van der Waals surface area contributed by atoms with Gasteiger partial charge in [0.15, 0.2) is 0 Å². The van der Waals surface area contributed by atoms with Crippen molar-refractivity contribution in [1.29, 1.82) is 0 Å². The van der Waals surface area contributed by atoms with E-state index >= 15 is 0 Å². The van der Waals surface area contributed by atoms with E-state index in [0.717, 1.165) is 24.2 Å². The summed E-state index contributed by atoms with van der Waals surface area (Å²) < 4.78 is 5.31. The Morgan fingerprint density at radius 1 is 1.38 bits per heavy atom. The van der Waals surface area contributed by atoms with Crippen molar-refractivity contribution in [2.45, 2.75) is 31.8 Å². The number of amides is 2. The molecule has 0 bridgehead atoms. The van der Waals surface area contributed by atoms with Crippen molar-refractivity contribution in [2.24, 2.45) is 0 Å². The summed E-state index contributed by atoms with van der Waals surface area (Å²) >= 11 is 0. The lowest BCUT2D eigenvalue weighted by Gasteiger charge is -2.25. The molecular weight excluding hydrogens is 330 g/mol. The minimum atomic E-state index is -0.285. The van der Waals surface area contributed by atoms with Crippen LogP contribution in [0.4, 0.5) is 5.69 Å². The number of halogens is 1. The molecule has 2 atom stereocenters. The fourth-order valence-corrected chi connectivity index (χ4v) is 3.00. The molecule has 132 valence electrons. The van der Waals surface area contributed by atoms with Gasteiger partial charge in [-0.2, -0.15) is 0 Å². The number of hydrogen-bond acceptors (Lipinski definition) is 4. The van der Waals surface area contributed by atoms with Gasteiger partial charge >= 0.3 is 0 Å². The summed E-state index contributed by atoms with van der Waals surface area (Å²) in [6.07, 6.45) is 1.55. The van der Waals surface area contributed by atoms with Crippen LogP contribution in [-0.4, -0.2) is 44.2 Å². The summed E-state index contributed by atoms with van der Waals surface area (Å²) in [5, 5.41) is 6.15. The van der Waals surface area contributed by atoms with Crippen LogP contribution in [0.25, 0.3) is 0 Å². The Morgan fingerprint density at radius 2 is 2.12 bits per heavy atom. The van der Waals surface area contributed by atoms with E-state index in [4.69, 9.17) is 4.74 Å². The molecule has 0 radical (unpaired) electrons. The third kappa shape index (κ3) is 4.26. The maximum absolute atomic E-state index is 12.2. The van der Waals surface area contributed by atoms with Gasteiger partial charge in [-0.05, 0) is 31.0 Å². The number of benzene rings is 1. The van der Waals surface area contributed by atoms with Gasteiger partial charge in [0.25, 0.3) is 0 Å². The zero-order valence-electron chi connectivity index (χ0n) is 13.8. The van der Waals surface area contributed by atoms with Crippen LogP contribution >= 0.6 is 12.4 Å². The highest BCUT2D eigenvalue weighted by molar-refractivity contribution is 5.95. The van der Waals surface area contributed by atoms with Crippen LogP contribution in [0.15, 0.2) is 24.3 Å². The van der Waals surface area contributed by atoms with E-state index in [-0.39, 0.29) is 36.3 Å². The maximum atomic E-state index is 12.2. The molecule has 1 aromatic carbocycles. The van der Waals surface area contributed by atoms with E-state index in [2.05, 4.69) is 10.6 Å². The second kappa shape index (κ2) is 8.46. The summed E-state index contributed by atoms with van der Waals surface area (Å²) in [6, 6.07) is 7.46. The molecule has 2 fully saturated rings. The number of morpholine rings is 1. The average molecular weight is 354 g/mol. The van der Waals surface area contributed by atoms with Gasteiger partial charge in [-0.1, -0.05) is 12.1 Å². The lowest BCUT2D eigenvalue weighted by molar-refractivity contribution is -0.126. The first-order valence-electron chi connectivity index (χ1n) is 8.17. The number of anilines is 1. The number of hydrogen-bond donors (Lipinski definition) is 2. The number of carbonyl (C=O) groups excluding carboxylic acids is 2. The van der Waals surface area contributed by atoms with Crippen molar-refractivity contribution in [2.75, 3.05) is 31.2 Å². The average Bonchev–Trinajstić information content (AvgIpc) is 3.02. The summed E-state index contributed by atoms with van der Waals surface area (Å²) in [6.45, 7) is 4.50. The van der Waals surface area contributed by atoms with Crippen LogP contribution < -0.4 is 15.5 Å². The number of nitrogens with one attached hydrogen (secondary N) is 2. The molecule has 3 rings (SSSR count). The second-order valence-electron chi connectivity index (χ2n) is 6.05. The Hall–Kier alpha value is -1.63. The van der Waals surface area contributed by atoms with Gasteiger partial charge in [0.05, 0.1) is 19.3 Å². The van der Waals surface area contributed by atoms with Crippen LogP contribution in [0.2, 0.25) is 0 Å². The predicted octanol–water partition coefficient (Wildman–Crippen LogP) is 1.40. The zero-order valence-corrected chi connectivity index (χ0v) is 14.6. The van der Waals surface area contributed by atoms with Crippen molar-refractivity contribution in [3.8, 4) is 0 Å². The minimum absolute atomic E-state index is 0. The maximum Gasteiger partial charge on any atom is 0.240 e. The van der Waals surface area contributed by atoms with Gasteiger partial charge in [0.2, 0.25) is 11.8 Å². The molecule has 2 aliphatic heterocycles. The van der Waals surface area contributed by atoms with Crippen molar-refractivity contribution in [3.05, 3.63) is 29.8 Å². The third-order valence-electron chi connectivity index (χ3n) is 4.38. The predicted molar refractivity (Wildman–Crippen MR) is 94.4 cm³/mol. The van der Waals surface area contributed by atoms with E-state index in [1.165, 1.54) is 0 Å². The third-order valence-corrected chi connectivity index (χ3v) is 4.38. The Kier molecular flexibility index (Phi) is 6.60. The van der Waals surface area contributed by atoms with Crippen molar-refractivity contribution >= 4 is 29.9 Å². The summed E-state index contributed by atoms with van der Waals surface area (Å²) in [5.41, 5.74) is 1.95. The van der Waals surface area contributed by atoms with E-state index in [9.17, 15) is 9.59 Å². The molecule has 1 aromatic rings. The molecule has 2 heterocycles. The molecule has 24 heavy (non-hydrogen) atoms. The standard InChI is InChI=1S/C17H23N3O3.ClH/c1-12(19-17(22)15-11-23-10-8-18-15)13-4-6-14(7-5-13)20-9-2-3-16(20)21;/h4-7,12,15,18H,2-3,8-11H2,1H3,(H,19,22);1H. The molecule has 2 amide bonds. The van der Waals surface area contributed by atoms with E-state index in [0.29, 0.717) is 26.2 Å². The highest BCUT2D eigenvalue weighted by Gasteiger charge is 2.24. The van der Waals surface area contributed by atoms with Gasteiger partial charge in [0.1, 0.15) is 6.04 Å². The molecule has 2 N–H and O–H groups in total. The quantitative estimate of drug-likeness (QED) is 0.858. The summed E-state index contributed by atoms with van der Waals surface area (Å²) in [7, 11) is 0. The SMILES string of the molecule is CC(NC(=O)C1COCCN1)c1ccc(N2CCCC2=O)cc1.Cl. The molecule has 0 aromatic heterocycles. The Bertz CT molecular complexity index is 573. The first kappa shape index (κ1) is 18.7. The molecule has 0 saturated carbocycles. The molecule has 6 nitrogen and oxygen atoms in total. The molecular formula is C17H24ClN3O3. The molecule has 2 unspecified atom stereocenters. The van der Waals surface area contributed by atoms with Crippen LogP contribution in [0, 0.1) is 0 Å². The van der Waals surface area contributed by atoms with Crippen LogP contribution in [0.5, 0.6) is 0 Å². The lowest BCUT2D eigenvalue weighted by Crippen LogP contribution is -2.51. The second-order valence-corrected chi connectivity index (χ2v) is 6.05. The number of rotatable bonds is 4. The molecule has 0 aliphatic carbocycles. The van der Waals surface area contributed by atoms with Crippen molar-refractivity contribution < 1.29 is 14.3 Å².